The molecule has 0 bridgehead atoms. The fourth-order valence-electron chi connectivity index (χ4n) is 2.08. The Morgan fingerprint density at radius 3 is 2.52 bits per heavy atom. The Morgan fingerprint density at radius 2 is 1.86 bits per heavy atom. The second-order valence-electron chi connectivity index (χ2n) is 5.08. The van der Waals surface area contributed by atoms with Gasteiger partial charge in [0.1, 0.15) is 0 Å². The summed E-state index contributed by atoms with van der Waals surface area (Å²) < 4.78 is 12.6. The van der Waals surface area contributed by atoms with Crippen LogP contribution in [-0.4, -0.2) is 9.99 Å². The minimum atomic E-state index is -1.27. The van der Waals surface area contributed by atoms with Crippen LogP contribution in [0, 0.1) is 6.92 Å². The van der Waals surface area contributed by atoms with Crippen LogP contribution in [0.3, 0.4) is 0 Å². The Balaban J connectivity index is 2.17. The lowest BCUT2D eigenvalue weighted by atomic mass is 10.1. The maximum absolute atomic E-state index is 12.6. The average molecular weight is 320 g/mol. The van der Waals surface area contributed by atoms with E-state index in [1.807, 2.05) is 42.6 Å². The first-order valence-electron chi connectivity index (χ1n) is 7.22. The zero-order valence-electron chi connectivity index (χ0n) is 12.4. The third-order valence-corrected chi connectivity index (χ3v) is 5.85. The molecular formula is C17H20O2S2. The summed E-state index contributed by atoms with van der Waals surface area (Å²) in [6.07, 6.45) is 3.61. The van der Waals surface area contributed by atoms with Gasteiger partial charge < -0.3 is 0 Å². The molecule has 0 aliphatic rings. The molecule has 2 nitrogen and oxygen atoms in total. The predicted molar refractivity (Wildman–Crippen MR) is 88.6 cm³/mol. The van der Waals surface area contributed by atoms with E-state index in [-0.39, 0.29) is 5.78 Å². The maximum atomic E-state index is 12.6. The first kappa shape index (κ1) is 16.1. The van der Waals surface area contributed by atoms with Crippen LogP contribution < -0.4 is 0 Å². The number of unbranched alkanes of at least 4 members (excludes halogenated alkanes) is 2. The molecule has 0 spiro atoms. The predicted octanol–water partition coefficient (Wildman–Crippen LogP) is 4.99. The standard InChI is InChI=1S/C17H20O2S2/c1-3-4-5-6-15(18)17-16(11-12-20-17)21(19)14-9-7-13(2)8-10-14/h7-12H,3-6H2,1-2H3/t21-/m0/s1. The Kier molecular flexibility index (Phi) is 5.88. The van der Waals surface area contributed by atoms with E-state index in [0.29, 0.717) is 16.2 Å². The molecule has 0 amide bonds. The molecule has 1 aromatic heterocycles. The number of hydrogen-bond acceptors (Lipinski definition) is 3. The van der Waals surface area contributed by atoms with Crippen LogP contribution in [0.15, 0.2) is 45.5 Å². The fraction of sp³-hybridized carbons (Fsp3) is 0.353. The van der Waals surface area contributed by atoms with Gasteiger partial charge in [-0.1, -0.05) is 37.5 Å². The maximum Gasteiger partial charge on any atom is 0.174 e. The molecule has 0 N–H and O–H groups in total. The minimum Gasteiger partial charge on any atom is -0.293 e. The van der Waals surface area contributed by atoms with Crippen molar-refractivity contribution in [2.75, 3.05) is 0 Å². The van der Waals surface area contributed by atoms with Crippen LogP contribution in [0.1, 0.15) is 47.8 Å². The molecule has 1 heterocycles. The lowest BCUT2D eigenvalue weighted by molar-refractivity contribution is 0.0980. The van der Waals surface area contributed by atoms with E-state index in [4.69, 9.17) is 0 Å². The first-order valence-corrected chi connectivity index (χ1v) is 9.25. The van der Waals surface area contributed by atoms with Crippen molar-refractivity contribution in [2.45, 2.75) is 49.3 Å². The molecule has 0 aliphatic carbocycles. The second kappa shape index (κ2) is 7.66. The van der Waals surface area contributed by atoms with Gasteiger partial charge >= 0.3 is 0 Å². The fourth-order valence-corrected chi connectivity index (χ4v) is 4.41. The molecule has 0 unspecified atom stereocenters. The Morgan fingerprint density at radius 1 is 1.14 bits per heavy atom. The summed E-state index contributed by atoms with van der Waals surface area (Å²) >= 11 is 1.40. The van der Waals surface area contributed by atoms with Crippen LogP contribution in [0.5, 0.6) is 0 Å². The number of ketones is 1. The third-order valence-electron chi connectivity index (χ3n) is 3.32. The van der Waals surface area contributed by atoms with Gasteiger partial charge in [-0.25, -0.2) is 4.21 Å². The summed E-state index contributed by atoms with van der Waals surface area (Å²) in [5.41, 5.74) is 1.14. The van der Waals surface area contributed by atoms with Gasteiger partial charge in [-0.3, -0.25) is 4.79 Å². The number of Topliss-reactive ketones (excluding diaryl/α,β-unsaturated/α-hetero) is 1. The Bertz CT molecular complexity index is 626. The van der Waals surface area contributed by atoms with Crippen LogP contribution in [-0.2, 0) is 10.8 Å². The normalized spacial score (nSPS) is 12.3. The van der Waals surface area contributed by atoms with Crippen LogP contribution in [0.2, 0.25) is 0 Å². The molecule has 112 valence electrons. The molecule has 2 rings (SSSR count). The van der Waals surface area contributed by atoms with Crippen LogP contribution >= 0.6 is 11.3 Å². The number of carbonyl (C=O) groups excluding carboxylic acids is 1. The number of carbonyl (C=O) groups is 1. The van der Waals surface area contributed by atoms with Gasteiger partial charge in [0.15, 0.2) is 5.78 Å². The van der Waals surface area contributed by atoms with E-state index in [9.17, 15) is 9.00 Å². The van der Waals surface area contributed by atoms with Crippen LogP contribution in [0.25, 0.3) is 0 Å². The number of aryl methyl sites for hydroxylation is 1. The lowest BCUT2D eigenvalue weighted by Gasteiger charge is -2.04. The summed E-state index contributed by atoms with van der Waals surface area (Å²) in [4.78, 5) is 14.3. The average Bonchev–Trinajstić information content (AvgIpc) is 2.97. The van der Waals surface area contributed by atoms with Gasteiger partial charge in [-0.05, 0) is 36.9 Å². The van der Waals surface area contributed by atoms with E-state index >= 15 is 0 Å². The van der Waals surface area contributed by atoms with Crippen molar-refractivity contribution in [1.29, 1.82) is 0 Å². The highest BCUT2D eigenvalue weighted by atomic mass is 32.2. The Labute approximate surface area is 132 Å². The monoisotopic (exact) mass is 320 g/mol. The minimum absolute atomic E-state index is 0.119. The van der Waals surface area contributed by atoms with Crippen molar-refractivity contribution in [1.82, 2.24) is 0 Å². The molecule has 0 aliphatic heterocycles. The number of benzene rings is 1. The molecule has 2 aromatic rings. The molecule has 1 aromatic carbocycles. The van der Waals surface area contributed by atoms with Crippen molar-refractivity contribution in [2.24, 2.45) is 0 Å². The van der Waals surface area contributed by atoms with Crippen molar-refractivity contribution >= 4 is 27.9 Å². The quantitative estimate of drug-likeness (QED) is 0.532. The zero-order chi connectivity index (χ0) is 15.2. The van der Waals surface area contributed by atoms with E-state index < -0.39 is 10.8 Å². The van der Waals surface area contributed by atoms with Crippen molar-refractivity contribution in [3.63, 3.8) is 0 Å². The number of rotatable bonds is 7. The molecule has 21 heavy (non-hydrogen) atoms. The Hall–Kier alpha value is -1.26. The van der Waals surface area contributed by atoms with Crippen LogP contribution in [0.4, 0.5) is 0 Å². The largest absolute Gasteiger partial charge is 0.293 e. The number of thiophene rings is 1. The molecule has 0 saturated carbocycles. The molecular weight excluding hydrogens is 300 g/mol. The summed E-state index contributed by atoms with van der Waals surface area (Å²) in [5, 5.41) is 1.86. The molecule has 0 fully saturated rings. The van der Waals surface area contributed by atoms with Gasteiger partial charge in [0.2, 0.25) is 0 Å². The molecule has 4 heteroatoms. The summed E-state index contributed by atoms with van der Waals surface area (Å²) in [5.74, 6) is 0.119. The molecule has 0 radical (unpaired) electrons. The summed E-state index contributed by atoms with van der Waals surface area (Å²) in [6, 6.07) is 9.45. The smallest absolute Gasteiger partial charge is 0.174 e. The second-order valence-corrected chi connectivity index (χ2v) is 7.44. The number of hydrogen-bond donors (Lipinski definition) is 0. The highest BCUT2D eigenvalue weighted by Crippen LogP contribution is 2.26. The molecule has 0 saturated heterocycles. The van der Waals surface area contributed by atoms with E-state index in [0.717, 1.165) is 29.7 Å². The van der Waals surface area contributed by atoms with Gasteiger partial charge in [-0.2, -0.15) is 0 Å². The highest BCUT2D eigenvalue weighted by Gasteiger charge is 2.18. The van der Waals surface area contributed by atoms with Crippen molar-refractivity contribution < 1.29 is 9.00 Å². The van der Waals surface area contributed by atoms with E-state index in [1.54, 1.807) is 0 Å². The van der Waals surface area contributed by atoms with Crippen molar-refractivity contribution in [3.05, 3.63) is 46.2 Å². The van der Waals surface area contributed by atoms with Gasteiger partial charge in [0.25, 0.3) is 0 Å². The topological polar surface area (TPSA) is 34.1 Å². The third kappa shape index (κ3) is 4.11. The zero-order valence-corrected chi connectivity index (χ0v) is 14.1. The van der Waals surface area contributed by atoms with Gasteiger partial charge in [0, 0.05) is 11.3 Å². The van der Waals surface area contributed by atoms with E-state index in [2.05, 4.69) is 6.92 Å². The highest BCUT2D eigenvalue weighted by molar-refractivity contribution is 7.85. The summed E-state index contributed by atoms with van der Waals surface area (Å²) in [6.45, 7) is 4.12. The molecule has 1 atom stereocenters. The van der Waals surface area contributed by atoms with Gasteiger partial charge in [0.05, 0.1) is 20.6 Å². The lowest BCUT2D eigenvalue weighted by Crippen LogP contribution is -2.02. The van der Waals surface area contributed by atoms with E-state index in [1.165, 1.54) is 11.3 Å². The first-order chi connectivity index (χ1) is 10.1. The van der Waals surface area contributed by atoms with Crippen molar-refractivity contribution in [3.8, 4) is 0 Å². The van der Waals surface area contributed by atoms with Gasteiger partial charge in [-0.15, -0.1) is 11.3 Å². The SMILES string of the molecule is CCCCCC(=O)c1sccc1[S@@](=O)c1ccc(C)cc1. The summed E-state index contributed by atoms with van der Waals surface area (Å²) in [7, 11) is -1.27.